The van der Waals surface area contributed by atoms with Gasteiger partial charge in [0.2, 0.25) is 5.91 Å². The van der Waals surface area contributed by atoms with Gasteiger partial charge in [0.25, 0.3) is 0 Å². The van der Waals surface area contributed by atoms with Crippen LogP contribution in [0.3, 0.4) is 0 Å². The van der Waals surface area contributed by atoms with Gasteiger partial charge in [0, 0.05) is 25.1 Å². The lowest BCUT2D eigenvalue weighted by atomic mass is 9.74. The van der Waals surface area contributed by atoms with E-state index in [2.05, 4.69) is 55.7 Å². The smallest absolute Gasteiger partial charge is 0.217 e. The highest BCUT2D eigenvalue weighted by Crippen LogP contribution is 2.38. The Kier molecular flexibility index (Phi) is 8.47. The monoisotopic (exact) mass is 472 g/mol. The Morgan fingerprint density at radius 1 is 1.06 bits per heavy atom. The molecule has 1 fully saturated rings. The number of hydrogen-bond donors (Lipinski definition) is 3. The predicted molar refractivity (Wildman–Crippen MR) is 132 cm³/mol. The lowest BCUT2D eigenvalue weighted by Crippen LogP contribution is -2.53. The maximum absolute atomic E-state index is 13.7. The summed E-state index contributed by atoms with van der Waals surface area (Å²) in [7, 11) is 0. The second-order valence-corrected chi connectivity index (χ2v) is 10.7. The lowest BCUT2D eigenvalue weighted by Gasteiger charge is -2.41. The van der Waals surface area contributed by atoms with E-state index >= 15 is 0 Å². The van der Waals surface area contributed by atoms with Gasteiger partial charge in [-0.25, -0.2) is 8.78 Å². The maximum atomic E-state index is 13.7. The van der Waals surface area contributed by atoms with E-state index in [0.29, 0.717) is 5.56 Å². The summed E-state index contributed by atoms with van der Waals surface area (Å²) in [6.07, 6.45) is 4.51. The van der Waals surface area contributed by atoms with Crippen LogP contribution in [0.1, 0.15) is 76.5 Å². The van der Waals surface area contributed by atoms with Crippen LogP contribution in [0.5, 0.6) is 0 Å². The molecule has 34 heavy (non-hydrogen) atoms. The van der Waals surface area contributed by atoms with Crippen molar-refractivity contribution in [3.63, 3.8) is 0 Å². The number of nitrogens with one attached hydrogen (secondary N) is 2. The largest absolute Gasteiger partial charge is 0.390 e. The van der Waals surface area contributed by atoms with E-state index in [0.717, 1.165) is 31.7 Å². The number of carbonyl (C=O) groups is 1. The Hall–Kier alpha value is -2.31. The molecule has 0 spiro atoms. The standard InChI is InChI=1S/C28H38F2N2O2/c1-19(33)32-25(15-20-13-23(29)17-24(30)14-20)26(34)18-31-28(11-6-5-7-12-28)22-10-8-9-21(16-22)27(2,3)4/h8-10,13-14,16-17,25-26,31,34H,5-7,11-12,15,18H2,1-4H3,(H,32,33). The van der Waals surface area contributed by atoms with E-state index in [9.17, 15) is 18.7 Å². The Morgan fingerprint density at radius 2 is 1.71 bits per heavy atom. The molecule has 4 nitrogen and oxygen atoms in total. The zero-order valence-electron chi connectivity index (χ0n) is 20.8. The van der Waals surface area contributed by atoms with Gasteiger partial charge < -0.3 is 15.7 Å². The number of amides is 1. The van der Waals surface area contributed by atoms with Gasteiger partial charge in [-0.05, 0) is 53.5 Å². The van der Waals surface area contributed by atoms with Gasteiger partial charge in [-0.2, -0.15) is 0 Å². The third-order valence-electron chi connectivity index (χ3n) is 6.87. The van der Waals surface area contributed by atoms with Gasteiger partial charge in [0.1, 0.15) is 11.6 Å². The van der Waals surface area contributed by atoms with Crippen LogP contribution in [0.2, 0.25) is 0 Å². The van der Waals surface area contributed by atoms with Crippen molar-refractivity contribution < 1.29 is 18.7 Å². The maximum Gasteiger partial charge on any atom is 0.217 e. The average molecular weight is 473 g/mol. The van der Waals surface area contributed by atoms with Crippen molar-refractivity contribution in [2.24, 2.45) is 0 Å². The zero-order valence-corrected chi connectivity index (χ0v) is 20.8. The van der Waals surface area contributed by atoms with Crippen molar-refractivity contribution in [1.29, 1.82) is 0 Å². The first-order valence-electron chi connectivity index (χ1n) is 12.2. The van der Waals surface area contributed by atoms with Crippen LogP contribution in [0.25, 0.3) is 0 Å². The normalized spacial score (nSPS) is 17.7. The third kappa shape index (κ3) is 6.86. The third-order valence-corrected chi connectivity index (χ3v) is 6.87. The van der Waals surface area contributed by atoms with Crippen LogP contribution < -0.4 is 10.6 Å². The Labute approximate surface area is 202 Å². The van der Waals surface area contributed by atoms with Crippen molar-refractivity contribution in [2.75, 3.05) is 6.54 Å². The second-order valence-electron chi connectivity index (χ2n) is 10.7. The van der Waals surface area contributed by atoms with Crippen LogP contribution in [-0.2, 0) is 22.2 Å². The fraction of sp³-hybridized carbons (Fsp3) is 0.536. The highest BCUT2D eigenvalue weighted by Gasteiger charge is 2.35. The van der Waals surface area contributed by atoms with Crippen LogP contribution in [-0.4, -0.2) is 29.7 Å². The molecule has 0 radical (unpaired) electrons. The minimum Gasteiger partial charge on any atom is -0.390 e. The van der Waals surface area contributed by atoms with Crippen LogP contribution in [0.4, 0.5) is 8.78 Å². The second kappa shape index (κ2) is 11.0. The molecule has 1 amide bonds. The summed E-state index contributed by atoms with van der Waals surface area (Å²) in [5.41, 5.74) is 2.64. The van der Waals surface area contributed by atoms with E-state index < -0.39 is 23.8 Å². The van der Waals surface area contributed by atoms with Gasteiger partial charge in [-0.3, -0.25) is 4.79 Å². The van der Waals surface area contributed by atoms with E-state index in [-0.39, 0.29) is 29.8 Å². The molecule has 1 aliphatic rings. The summed E-state index contributed by atoms with van der Waals surface area (Å²) in [6, 6.07) is 11.3. The summed E-state index contributed by atoms with van der Waals surface area (Å²) >= 11 is 0. The minimum atomic E-state index is -0.931. The van der Waals surface area contributed by atoms with Crippen LogP contribution in [0.15, 0.2) is 42.5 Å². The van der Waals surface area contributed by atoms with Gasteiger partial charge >= 0.3 is 0 Å². The first-order valence-corrected chi connectivity index (χ1v) is 12.2. The fourth-order valence-electron chi connectivity index (χ4n) is 4.98. The number of benzene rings is 2. The number of carbonyl (C=O) groups excluding carboxylic acids is 1. The van der Waals surface area contributed by atoms with Crippen molar-refractivity contribution in [1.82, 2.24) is 10.6 Å². The molecule has 2 atom stereocenters. The van der Waals surface area contributed by atoms with Gasteiger partial charge in [0.15, 0.2) is 0 Å². The van der Waals surface area contributed by atoms with Crippen molar-refractivity contribution >= 4 is 5.91 Å². The van der Waals surface area contributed by atoms with E-state index in [4.69, 9.17) is 0 Å². The number of hydrogen-bond acceptors (Lipinski definition) is 3. The Balaban J connectivity index is 1.80. The van der Waals surface area contributed by atoms with Gasteiger partial charge in [-0.15, -0.1) is 0 Å². The molecular weight excluding hydrogens is 434 g/mol. The first kappa shape index (κ1) is 26.3. The zero-order chi connectivity index (χ0) is 24.9. The highest BCUT2D eigenvalue weighted by atomic mass is 19.1. The SMILES string of the molecule is CC(=O)NC(Cc1cc(F)cc(F)c1)C(O)CNC1(c2cccc(C(C)(C)C)c2)CCCCC1. The molecular formula is C28H38F2N2O2. The number of rotatable bonds is 8. The molecule has 0 aliphatic heterocycles. The van der Waals surface area contributed by atoms with E-state index in [1.807, 2.05) is 0 Å². The van der Waals surface area contributed by atoms with Gasteiger partial charge in [-0.1, -0.05) is 64.3 Å². The lowest BCUT2D eigenvalue weighted by molar-refractivity contribution is -0.120. The van der Waals surface area contributed by atoms with Crippen molar-refractivity contribution in [2.45, 2.75) is 89.3 Å². The fourth-order valence-corrected chi connectivity index (χ4v) is 4.98. The molecule has 3 rings (SSSR count). The minimum absolute atomic E-state index is 0.0299. The number of halogens is 2. The quantitative estimate of drug-likeness (QED) is 0.500. The molecule has 6 heteroatoms. The molecule has 2 unspecified atom stereocenters. The van der Waals surface area contributed by atoms with Gasteiger partial charge in [0.05, 0.1) is 12.1 Å². The highest BCUT2D eigenvalue weighted by molar-refractivity contribution is 5.73. The van der Waals surface area contributed by atoms with Crippen LogP contribution >= 0.6 is 0 Å². The predicted octanol–water partition coefficient (Wildman–Crippen LogP) is 5.12. The van der Waals surface area contributed by atoms with Crippen molar-refractivity contribution in [3.05, 3.63) is 70.8 Å². The molecule has 0 bridgehead atoms. The summed E-state index contributed by atoms with van der Waals surface area (Å²) in [6.45, 7) is 8.22. The Morgan fingerprint density at radius 3 is 2.29 bits per heavy atom. The molecule has 1 aliphatic carbocycles. The molecule has 2 aromatic rings. The first-order chi connectivity index (χ1) is 16.0. The number of aliphatic hydroxyl groups is 1. The topological polar surface area (TPSA) is 61.4 Å². The molecule has 0 saturated heterocycles. The molecule has 0 heterocycles. The molecule has 186 valence electrons. The molecule has 3 N–H and O–H groups in total. The Bertz CT molecular complexity index is 960. The summed E-state index contributed by atoms with van der Waals surface area (Å²) in [4.78, 5) is 11.8. The summed E-state index contributed by atoms with van der Waals surface area (Å²) in [5.74, 6) is -1.65. The molecule has 2 aromatic carbocycles. The number of aliphatic hydroxyl groups excluding tert-OH is 1. The molecule has 0 aromatic heterocycles. The summed E-state index contributed by atoms with van der Waals surface area (Å²) < 4.78 is 27.4. The average Bonchev–Trinajstić information content (AvgIpc) is 2.76. The van der Waals surface area contributed by atoms with E-state index in [1.165, 1.54) is 36.6 Å². The van der Waals surface area contributed by atoms with E-state index in [1.54, 1.807) is 0 Å². The molecule has 1 saturated carbocycles. The van der Waals surface area contributed by atoms with Crippen molar-refractivity contribution in [3.8, 4) is 0 Å². The summed E-state index contributed by atoms with van der Waals surface area (Å²) in [5, 5.41) is 17.5. The van der Waals surface area contributed by atoms with Crippen LogP contribution in [0, 0.1) is 11.6 Å².